The number of rotatable bonds is 8. The number of carbonyl (C=O) groups excluding carboxylic acids is 1. The fourth-order valence-corrected chi connectivity index (χ4v) is 7.81. The zero-order valence-electron chi connectivity index (χ0n) is 21.1. The van der Waals surface area contributed by atoms with E-state index in [-0.39, 0.29) is 23.4 Å². The Morgan fingerprint density at radius 1 is 1.00 bits per heavy atom. The van der Waals surface area contributed by atoms with Gasteiger partial charge in [0, 0.05) is 44.6 Å². The van der Waals surface area contributed by atoms with Crippen molar-refractivity contribution >= 4 is 32.7 Å². The molecule has 6 rings (SSSR count). The van der Waals surface area contributed by atoms with Crippen LogP contribution in [-0.2, 0) is 10.0 Å². The third-order valence-corrected chi connectivity index (χ3v) is 10.1. The van der Waals surface area contributed by atoms with E-state index in [1.807, 2.05) is 35.2 Å². The highest BCUT2D eigenvalue weighted by molar-refractivity contribution is 7.89. The van der Waals surface area contributed by atoms with Gasteiger partial charge in [0.2, 0.25) is 16.0 Å². The molecule has 3 fully saturated rings. The van der Waals surface area contributed by atoms with Crippen LogP contribution in [0.3, 0.4) is 0 Å². The molecule has 11 heteroatoms. The van der Waals surface area contributed by atoms with Crippen molar-refractivity contribution in [1.82, 2.24) is 24.7 Å². The molecule has 2 aliphatic heterocycles. The number of hydroxylamine groups is 1. The normalized spacial score (nSPS) is 23.5. The molecule has 0 radical (unpaired) electrons. The molecule has 3 heterocycles. The first-order valence-electron chi connectivity index (χ1n) is 13.2. The smallest absolute Gasteiger partial charge is 0.277 e. The van der Waals surface area contributed by atoms with Gasteiger partial charge in [-0.05, 0) is 60.7 Å². The highest BCUT2D eigenvalue weighted by Gasteiger charge is 2.61. The van der Waals surface area contributed by atoms with E-state index < -0.39 is 15.9 Å². The predicted molar refractivity (Wildman–Crippen MR) is 142 cm³/mol. The van der Waals surface area contributed by atoms with Crippen LogP contribution in [0.4, 0.5) is 5.95 Å². The summed E-state index contributed by atoms with van der Waals surface area (Å²) in [6.45, 7) is 4.59. The van der Waals surface area contributed by atoms with Gasteiger partial charge in [0.05, 0.1) is 10.5 Å². The molecule has 1 aromatic heterocycles. The lowest BCUT2D eigenvalue weighted by Crippen LogP contribution is -2.44. The molecule has 10 nitrogen and oxygen atoms in total. The number of hydrogen-bond acceptors (Lipinski definition) is 8. The second-order valence-electron chi connectivity index (χ2n) is 10.5. The zero-order chi connectivity index (χ0) is 26.3. The molecule has 0 spiro atoms. The minimum Gasteiger partial charge on any atom is -0.340 e. The minimum atomic E-state index is -3.68. The zero-order valence-corrected chi connectivity index (χ0v) is 21.9. The van der Waals surface area contributed by atoms with E-state index in [0.29, 0.717) is 30.5 Å². The average Bonchev–Trinajstić information content (AvgIpc) is 3.42. The number of aromatic nitrogens is 2. The van der Waals surface area contributed by atoms with Gasteiger partial charge in [0.25, 0.3) is 5.91 Å². The number of amides is 1. The van der Waals surface area contributed by atoms with Gasteiger partial charge in [-0.25, -0.2) is 23.9 Å². The van der Waals surface area contributed by atoms with Crippen LogP contribution in [0.25, 0.3) is 10.8 Å². The highest BCUT2D eigenvalue weighted by atomic mass is 32.2. The highest BCUT2D eigenvalue weighted by Crippen LogP contribution is 2.51. The molecule has 2 unspecified atom stereocenters. The second kappa shape index (κ2) is 10.2. The summed E-state index contributed by atoms with van der Waals surface area (Å²) in [6, 6.07) is 13.2. The number of nitrogens with zero attached hydrogens (tertiary/aromatic N) is 5. The number of benzene rings is 2. The van der Waals surface area contributed by atoms with E-state index in [1.165, 1.54) is 31.7 Å². The van der Waals surface area contributed by atoms with E-state index in [4.69, 9.17) is 5.21 Å². The fourth-order valence-electron chi connectivity index (χ4n) is 6.07. The van der Waals surface area contributed by atoms with Gasteiger partial charge in [-0.15, -0.1) is 0 Å². The third kappa shape index (κ3) is 4.75. The lowest BCUT2D eigenvalue weighted by atomic mass is 10.1. The van der Waals surface area contributed by atoms with E-state index in [2.05, 4.69) is 14.9 Å². The average molecular weight is 537 g/mol. The van der Waals surface area contributed by atoms with Crippen molar-refractivity contribution in [3.63, 3.8) is 0 Å². The Labute approximate surface area is 222 Å². The first kappa shape index (κ1) is 25.2. The maximum absolute atomic E-state index is 14.1. The number of nitrogens with one attached hydrogen (secondary N) is 1. The first-order valence-corrected chi connectivity index (χ1v) is 14.6. The third-order valence-electron chi connectivity index (χ3n) is 8.18. The largest absolute Gasteiger partial charge is 0.340 e. The molecule has 1 saturated carbocycles. The first-order chi connectivity index (χ1) is 18.5. The van der Waals surface area contributed by atoms with Gasteiger partial charge in [0.1, 0.15) is 0 Å². The molecular weight excluding hydrogens is 504 g/mol. The number of fused-ring (bicyclic) bond motifs is 2. The summed E-state index contributed by atoms with van der Waals surface area (Å²) in [5.41, 5.74) is 1.75. The summed E-state index contributed by atoms with van der Waals surface area (Å²) in [4.78, 5) is 24.9. The summed E-state index contributed by atoms with van der Waals surface area (Å²) in [6.07, 6.45) is 6.33. The van der Waals surface area contributed by atoms with Crippen LogP contribution >= 0.6 is 0 Å². The lowest BCUT2D eigenvalue weighted by molar-refractivity contribution is 0.0705. The van der Waals surface area contributed by atoms with Crippen molar-refractivity contribution in [3.8, 4) is 0 Å². The van der Waals surface area contributed by atoms with Crippen LogP contribution in [0.2, 0.25) is 0 Å². The molecule has 3 aliphatic rings. The quantitative estimate of drug-likeness (QED) is 0.333. The summed E-state index contributed by atoms with van der Waals surface area (Å²) in [5.74, 6) is 0.248. The monoisotopic (exact) mass is 536 g/mol. The molecular formula is C27H32N6O4S. The van der Waals surface area contributed by atoms with Gasteiger partial charge in [-0.1, -0.05) is 36.8 Å². The molecule has 2 saturated heterocycles. The van der Waals surface area contributed by atoms with Crippen molar-refractivity contribution in [3.05, 3.63) is 60.4 Å². The van der Waals surface area contributed by atoms with Crippen molar-refractivity contribution in [2.24, 2.45) is 11.8 Å². The summed E-state index contributed by atoms with van der Waals surface area (Å²) in [5, 5.41) is 10.7. The Bertz CT molecular complexity index is 1420. The second-order valence-corrected chi connectivity index (χ2v) is 12.4. The Kier molecular flexibility index (Phi) is 6.77. The van der Waals surface area contributed by atoms with Gasteiger partial charge < -0.3 is 9.80 Å². The van der Waals surface area contributed by atoms with Gasteiger partial charge in [0.15, 0.2) is 0 Å². The maximum Gasteiger partial charge on any atom is 0.277 e. The van der Waals surface area contributed by atoms with Crippen LogP contribution < -0.4 is 10.4 Å². The van der Waals surface area contributed by atoms with E-state index >= 15 is 0 Å². The van der Waals surface area contributed by atoms with E-state index in [0.717, 1.165) is 30.4 Å². The number of carbonyl (C=O) groups is 1. The van der Waals surface area contributed by atoms with Gasteiger partial charge in [-0.3, -0.25) is 10.0 Å². The van der Waals surface area contributed by atoms with E-state index in [1.54, 1.807) is 21.9 Å². The molecule has 2 aromatic carbocycles. The molecule has 0 bridgehead atoms. The predicted octanol–water partition coefficient (Wildman–Crippen LogP) is 2.36. The standard InChI is InChI=1S/C27H32N6O4S/c34-26(30-35)21-15-28-27(29-16-21)32-17-23-24(18-32)25(23)33(13-12-31-10-4-1-5-11-31)38(36,37)22-9-8-19-6-2-3-7-20(19)14-22/h2-3,6-9,14-16,23-25,35H,1,4-5,10-13,17-18H2,(H,30,34). The maximum atomic E-state index is 14.1. The summed E-state index contributed by atoms with van der Waals surface area (Å²) >= 11 is 0. The van der Waals surface area contributed by atoms with Crippen molar-refractivity contribution in [2.75, 3.05) is 44.2 Å². The van der Waals surface area contributed by atoms with Crippen LogP contribution in [0.1, 0.15) is 29.6 Å². The Morgan fingerprint density at radius 2 is 1.68 bits per heavy atom. The number of hydrogen-bond donors (Lipinski definition) is 2. The number of sulfonamides is 1. The minimum absolute atomic E-state index is 0.0491. The van der Waals surface area contributed by atoms with Crippen LogP contribution in [0.5, 0.6) is 0 Å². The Morgan fingerprint density at radius 3 is 2.37 bits per heavy atom. The fraction of sp³-hybridized carbons (Fsp3) is 0.444. The summed E-state index contributed by atoms with van der Waals surface area (Å²) < 4.78 is 29.9. The van der Waals surface area contributed by atoms with Gasteiger partial charge in [-0.2, -0.15) is 4.31 Å². The Balaban J connectivity index is 1.21. The topological polar surface area (TPSA) is 119 Å². The molecule has 200 valence electrons. The summed E-state index contributed by atoms with van der Waals surface area (Å²) in [7, 11) is -3.68. The van der Waals surface area contributed by atoms with Gasteiger partial charge >= 0.3 is 0 Å². The number of piperidine rings is 2. The molecule has 1 aliphatic carbocycles. The van der Waals surface area contributed by atoms with Crippen molar-refractivity contribution in [2.45, 2.75) is 30.2 Å². The molecule has 38 heavy (non-hydrogen) atoms. The lowest BCUT2D eigenvalue weighted by Gasteiger charge is -2.31. The molecule has 2 N–H and O–H groups in total. The number of likely N-dealkylation sites (tertiary alicyclic amines) is 1. The van der Waals surface area contributed by atoms with E-state index in [9.17, 15) is 13.2 Å². The van der Waals surface area contributed by atoms with Crippen LogP contribution in [0.15, 0.2) is 59.8 Å². The van der Waals surface area contributed by atoms with Crippen LogP contribution in [0, 0.1) is 11.8 Å². The molecule has 2 atom stereocenters. The molecule has 3 aromatic rings. The SMILES string of the molecule is O=C(NO)c1cnc(N2CC3C(C2)C3N(CCN2CCCCC2)S(=O)(=O)c2ccc3ccccc3c2)nc1. The van der Waals surface area contributed by atoms with Crippen LogP contribution in [-0.4, -0.2) is 84.0 Å². The Hall–Kier alpha value is -3.12. The van der Waals surface area contributed by atoms with Crippen molar-refractivity contribution < 1.29 is 18.4 Å². The van der Waals surface area contributed by atoms with Crippen molar-refractivity contribution in [1.29, 1.82) is 0 Å². The molecule has 1 amide bonds. The number of anilines is 1.